The van der Waals surface area contributed by atoms with Crippen LogP contribution in [0.4, 0.5) is 0 Å². The van der Waals surface area contributed by atoms with Gasteiger partial charge in [0, 0.05) is 6.42 Å². The van der Waals surface area contributed by atoms with Crippen molar-refractivity contribution >= 4 is 11.9 Å². The van der Waals surface area contributed by atoms with Gasteiger partial charge in [-0.1, -0.05) is 164 Å². The van der Waals surface area contributed by atoms with E-state index < -0.39 is 12.1 Å². The molecule has 1 N–H and O–H groups in total. The highest BCUT2D eigenvalue weighted by Gasteiger charge is 2.21. The molecule has 0 saturated carbocycles. The Morgan fingerprint density at radius 1 is 0.511 bits per heavy atom. The van der Waals surface area contributed by atoms with E-state index in [1.807, 2.05) is 0 Å². The molecule has 0 bridgehead atoms. The molecule has 0 aliphatic carbocycles. The molecule has 256 valence electrons. The molecular formula is C41H68O4. The molecule has 0 spiro atoms. The first kappa shape index (κ1) is 42.4. The number of esters is 1. The maximum atomic E-state index is 12.2. The van der Waals surface area contributed by atoms with Crippen LogP contribution in [0.1, 0.15) is 168 Å². The molecule has 0 heterocycles. The number of hydrogen-bond donors (Lipinski definition) is 1. The summed E-state index contributed by atoms with van der Waals surface area (Å²) >= 11 is 0. The lowest BCUT2D eigenvalue weighted by Gasteiger charge is -2.13. The van der Waals surface area contributed by atoms with Gasteiger partial charge in [-0.3, -0.25) is 4.79 Å². The molecule has 0 rings (SSSR count). The third-order valence-corrected chi connectivity index (χ3v) is 7.72. The maximum Gasteiger partial charge on any atom is 0.345 e. The van der Waals surface area contributed by atoms with Gasteiger partial charge in [-0.25, -0.2) is 4.79 Å². The molecule has 0 radical (unpaired) electrons. The lowest BCUT2D eigenvalue weighted by molar-refractivity contribution is -0.164. The monoisotopic (exact) mass is 625 g/mol. The molecule has 1 unspecified atom stereocenters. The van der Waals surface area contributed by atoms with Gasteiger partial charge in [-0.05, 0) is 70.6 Å². The number of ether oxygens (including phenoxy) is 1. The number of carboxylic acid groups (broad SMARTS) is 1. The van der Waals surface area contributed by atoms with E-state index in [0.717, 1.165) is 77.0 Å². The second-order valence-corrected chi connectivity index (χ2v) is 12.0. The van der Waals surface area contributed by atoms with Crippen molar-refractivity contribution in [1.82, 2.24) is 0 Å². The normalized spacial score (nSPS) is 13.1. The fraction of sp³-hybridized carbons (Fsp3) is 0.659. The fourth-order valence-corrected chi connectivity index (χ4v) is 4.97. The number of hydrogen-bond acceptors (Lipinski definition) is 3. The molecule has 4 nitrogen and oxygen atoms in total. The van der Waals surface area contributed by atoms with Crippen molar-refractivity contribution < 1.29 is 19.4 Å². The second-order valence-electron chi connectivity index (χ2n) is 12.0. The molecule has 0 amide bonds. The Labute approximate surface area is 277 Å². The van der Waals surface area contributed by atoms with E-state index in [2.05, 4.69) is 86.8 Å². The van der Waals surface area contributed by atoms with E-state index >= 15 is 0 Å². The Bertz CT molecular complexity index is 846. The van der Waals surface area contributed by atoms with Crippen LogP contribution in [0.15, 0.2) is 72.9 Å². The molecule has 0 fully saturated rings. The first-order valence-corrected chi connectivity index (χ1v) is 18.4. The lowest BCUT2D eigenvalue weighted by atomic mass is 10.0. The van der Waals surface area contributed by atoms with Gasteiger partial charge in [-0.2, -0.15) is 0 Å². The molecular weight excluding hydrogens is 556 g/mol. The number of carboxylic acids is 1. The standard InChI is InChI=1S/C41H68O4/c1-3-5-7-9-11-13-15-17-18-19-20-21-22-23-24-26-28-30-32-34-36-38-40(42)45-39(41(43)44)37-35-33-31-29-27-25-16-14-12-10-8-6-4-2/h5,7,11,13,17-18,20-21,23-24,28,30,39H,3-4,6,8-10,12,14-16,19,22,25-27,29,31-38H2,1-2H3,(H,43,44)/b7-5-,13-11-,18-17-,21-20-,24-23-,30-28-. The largest absolute Gasteiger partial charge is 0.479 e. The number of rotatable bonds is 32. The number of carbonyl (C=O) groups excluding carboxylic acids is 1. The highest BCUT2D eigenvalue weighted by atomic mass is 16.6. The summed E-state index contributed by atoms with van der Waals surface area (Å²) in [5.41, 5.74) is 0. The van der Waals surface area contributed by atoms with Crippen LogP contribution in [0.25, 0.3) is 0 Å². The van der Waals surface area contributed by atoms with E-state index in [-0.39, 0.29) is 12.4 Å². The van der Waals surface area contributed by atoms with Crippen LogP contribution in [0.3, 0.4) is 0 Å². The molecule has 0 aliphatic rings. The number of allylic oxidation sites excluding steroid dienone is 12. The molecule has 0 saturated heterocycles. The molecule has 0 aromatic carbocycles. The zero-order valence-corrected chi connectivity index (χ0v) is 29.1. The number of carbonyl (C=O) groups is 2. The highest BCUT2D eigenvalue weighted by Crippen LogP contribution is 2.15. The molecule has 0 aromatic heterocycles. The predicted molar refractivity (Wildman–Crippen MR) is 195 cm³/mol. The Morgan fingerprint density at radius 3 is 1.33 bits per heavy atom. The van der Waals surface area contributed by atoms with Crippen LogP contribution in [0, 0.1) is 0 Å². The van der Waals surface area contributed by atoms with Crippen molar-refractivity contribution in [1.29, 1.82) is 0 Å². The molecule has 0 aromatic rings. The minimum absolute atomic E-state index is 0.283. The van der Waals surface area contributed by atoms with E-state index in [1.54, 1.807) is 0 Å². The van der Waals surface area contributed by atoms with Crippen molar-refractivity contribution in [2.75, 3.05) is 0 Å². The molecule has 45 heavy (non-hydrogen) atoms. The minimum Gasteiger partial charge on any atom is -0.479 e. The third kappa shape index (κ3) is 34.1. The molecule has 0 aliphatic heterocycles. The minimum atomic E-state index is -1.03. The van der Waals surface area contributed by atoms with Crippen LogP contribution >= 0.6 is 0 Å². The van der Waals surface area contributed by atoms with Crippen molar-refractivity contribution in [3.63, 3.8) is 0 Å². The Hall–Kier alpha value is -2.62. The SMILES string of the molecule is CC/C=C\C/C=C\C/C=C\C/C=C\C/C=C\C/C=C\CCCCC(=O)OC(CCCCCCCCCCCCCCC)C(=O)O. The first-order valence-electron chi connectivity index (χ1n) is 18.4. The Kier molecular flexibility index (Phi) is 33.8. The summed E-state index contributed by atoms with van der Waals surface area (Å²) in [6, 6.07) is 0. The van der Waals surface area contributed by atoms with Crippen molar-refractivity contribution in [3.05, 3.63) is 72.9 Å². The quantitative estimate of drug-likeness (QED) is 0.0459. The molecule has 4 heteroatoms. The fourth-order valence-electron chi connectivity index (χ4n) is 4.97. The lowest BCUT2D eigenvalue weighted by Crippen LogP contribution is -2.27. The first-order chi connectivity index (χ1) is 22.1. The predicted octanol–water partition coefficient (Wildman–Crippen LogP) is 12.7. The van der Waals surface area contributed by atoms with Crippen molar-refractivity contribution in [2.45, 2.75) is 174 Å². The second kappa shape index (κ2) is 35.9. The van der Waals surface area contributed by atoms with Gasteiger partial charge in [0.2, 0.25) is 0 Å². The number of aliphatic carboxylic acids is 1. The van der Waals surface area contributed by atoms with Crippen LogP contribution in [-0.4, -0.2) is 23.1 Å². The van der Waals surface area contributed by atoms with Crippen LogP contribution in [0.2, 0.25) is 0 Å². The van der Waals surface area contributed by atoms with E-state index in [9.17, 15) is 14.7 Å². The summed E-state index contributed by atoms with van der Waals surface area (Å²) in [5.74, 6) is -1.42. The Balaban J connectivity index is 3.72. The average molecular weight is 625 g/mol. The summed E-state index contributed by atoms with van der Waals surface area (Å²) in [6.07, 6.45) is 50.7. The van der Waals surface area contributed by atoms with E-state index in [4.69, 9.17) is 4.74 Å². The van der Waals surface area contributed by atoms with Gasteiger partial charge in [-0.15, -0.1) is 0 Å². The van der Waals surface area contributed by atoms with Crippen LogP contribution < -0.4 is 0 Å². The van der Waals surface area contributed by atoms with Gasteiger partial charge in [0.05, 0.1) is 0 Å². The maximum absolute atomic E-state index is 12.2. The topological polar surface area (TPSA) is 63.6 Å². The molecule has 1 atom stereocenters. The van der Waals surface area contributed by atoms with Gasteiger partial charge >= 0.3 is 11.9 Å². The number of unbranched alkanes of at least 4 members (excludes halogenated alkanes) is 14. The van der Waals surface area contributed by atoms with Gasteiger partial charge < -0.3 is 9.84 Å². The smallest absolute Gasteiger partial charge is 0.345 e. The van der Waals surface area contributed by atoms with E-state index in [0.29, 0.717) is 6.42 Å². The van der Waals surface area contributed by atoms with Gasteiger partial charge in [0.15, 0.2) is 6.10 Å². The summed E-state index contributed by atoms with van der Waals surface area (Å²) in [5, 5.41) is 9.46. The van der Waals surface area contributed by atoms with E-state index in [1.165, 1.54) is 64.2 Å². The third-order valence-electron chi connectivity index (χ3n) is 7.72. The zero-order valence-electron chi connectivity index (χ0n) is 29.1. The zero-order chi connectivity index (χ0) is 32.9. The highest BCUT2D eigenvalue weighted by molar-refractivity contribution is 5.77. The van der Waals surface area contributed by atoms with Gasteiger partial charge in [0.25, 0.3) is 0 Å². The van der Waals surface area contributed by atoms with Crippen molar-refractivity contribution in [3.8, 4) is 0 Å². The average Bonchev–Trinajstić information content (AvgIpc) is 3.03. The van der Waals surface area contributed by atoms with Crippen LogP contribution in [0.5, 0.6) is 0 Å². The van der Waals surface area contributed by atoms with Gasteiger partial charge in [0.1, 0.15) is 0 Å². The summed E-state index contributed by atoms with van der Waals surface area (Å²) in [6.45, 7) is 4.41. The summed E-state index contributed by atoms with van der Waals surface area (Å²) in [7, 11) is 0. The Morgan fingerprint density at radius 2 is 0.911 bits per heavy atom. The van der Waals surface area contributed by atoms with Crippen molar-refractivity contribution in [2.24, 2.45) is 0 Å². The van der Waals surface area contributed by atoms with Crippen LogP contribution in [-0.2, 0) is 14.3 Å². The summed E-state index contributed by atoms with van der Waals surface area (Å²) in [4.78, 5) is 23.7. The summed E-state index contributed by atoms with van der Waals surface area (Å²) < 4.78 is 5.28.